The fraction of sp³-hybridized carbons (Fsp3) is 0.550. The number of ether oxygens (including phenoxy) is 3. The van der Waals surface area contributed by atoms with Crippen LogP contribution in [0.2, 0.25) is 0 Å². The summed E-state index contributed by atoms with van der Waals surface area (Å²) < 4.78 is 22.1. The van der Waals surface area contributed by atoms with Gasteiger partial charge in [-0.1, -0.05) is 19.0 Å². The van der Waals surface area contributed by atoms with Crippen LogP contribution in [0.15, 0.2) is 22.7 Å². The number of rotatable bonds is 7. The van der Waals surface area contributed by atoms with Gasteiger partial charge < -0.3 is 18.7 Å². The molecule has 0 saturated carbocycles. The second kappa shape index (κ2) is 7.99. The molecule has 1 atom stereocenters. The summed E-state index contributed by atoms with van der Waals surface area (Å²) in [4.78, 5) is 2.41. The van der Waals surface area contributed by atoms with Gasteiger partial charge in [0.25, 0.3) is 0 Å². The molecule has 3 rings (SSSR count). The van der Waals surface area contributed by atoms with Crippen molar-refractivity contribution in [2.75, 3.05) is 27.9 Å². The van der Waals surface area contributed by atoms with Crippen molar-refractivity contribution in [1.82, 2.24) is 10.1 Å². The Bertz CT molecular complexity index is 741. The Kier molecular flexibility index (Phi) is 5.71. The van der Waals surface area contributed by atoms with Gasteiger partial charge in [-0.3, -0.25) is 4.90 Å². The second-order valence-electron chi connectivity index (χ2n) is 6.96. The van der Waals surface area contributed by atoms with Gasteiger partial charge in [-0.15, -0.1) is 0 Å². The molecule has 0 spiro atoms. The van der Waals surface area contributed by atoms with Crippen LogP contribution < -0.4 is 14.2 Å². The largest absolute Gasteiger partial charge is 0.496 e. The minimum Gasteiger partial charge on any atom is -0.496 e. The first-order valence-electron chi connectivity index (χ1n) is 9.06. The number of hydrogen-bond donors (Lipinski definition) is 0. The molecule has 6 heteroatoms. The van der Waals surface area contributed by atoms with Crippen LogP contribution in [-0.2, 0) is 6.54 Å². The zero-order chi connectivity index (χ0) is 18.7. The molecule has 1 aromatic heterocycles. The smallest absolute Gasteiger partial charge is 0.164 e. The summed E-state index contributed by atoms with van der Waals surface area (Å²) >= 11 is 0. The summed E-state index contributed by atoms with van der Waals surface area (Å²) in [5.74, 6) is 3.50. The van der Waals surface area contributed by atoms with E-state index in [0.717, 1.165) is 48.7 Å². The number of benzene rings is 1. The van der Waals surface area contributed by atoms with Gasteiger partial charge in [-0.25, -0.2) is 0 Å². The van der Waals surface area contributed by atoms with Crippen molar-refractivity contribution in [3.63, 3.8) is 0 Å². The van der Waals surface area contributed by atoms with Crippen molar-refractivity contribution in [3.05, 3.63) is 35.2 Å². The fourth-order valence-corrected chi connectivity index (χ4v) is 3.51. The predicted molar refractivity (Wildman–Crippen MR) is 99.1 cm³/mol. The van der Waals surface area contributed by atoms with E-state index in [9.17, 15) is 0 Å². The summed E-state index contributed by atoms with van der Waals surface area (Å²) in [5.41, 5.74) is 2.08. The van der Waals surface area contributed by atoms with E-state index in [1.165, 1.54) is 0 Å². The normalized spacial score (nSPS) is 17.7. The van der Waals surface area contributed by atoms with Crippen LogP contribution in [-0.4, -0.2) is 37.9 Å². The Morgan fingerprint density at radius 2 is 1.77 bits per heavy atom. The van der Waals surface area contributed by atoms with Gasteiger partial charge in [0.15, 0.2) is 17.3 Å². The molecule has 1 fully saturated rings. The van der Waals surface area contributed by atoms with E-state index in [1.807, 2.05) is 12.1 Å². The molecular weight excluding hydrogens is 332 g/mol. The van der Waals surface area contributed by atoms with Crippen LogP contribution in [0.5, 0.6) is 17.2 Å². The molecule has 2 heterocycles. The Labute approximate surface area is 155 Å². The maximum Gasteiger partial charge on any atom is 0.164 e. The van der Waals surface area contributed by atoms with Gasteiger partial charge in [0.1, 0.15) is 5.75 Å². The van der Waals surface area contributed by atoms with Crippen molar-refractivity contribution < 1.29 is 18.7 Å². The Hall–Kier alpha value is -2.21. The number of nitrogens with zero attached hydrogens (tertiary/aromatic N) is 2. The number of methoxy groups -OCH3 is 3. The topological polar surface area (TPSA) is 57.0 Å². The van der Waals surface area contributed by atoms with E-state index in [2.05, 4.69) is 30.0 Å². The van der Waals surface area contributed by atoms with E-state index in [-0.39, 0.29) is 6.04 Å². The Balaban J connectivity index is 1.84. The van der Waals surface area contributed by atoms with Crippen LogP contribution in [0.4, 0.5) is 0 Å². The third-order valence-electron chi connectivity index (χ3n) is 4.99. The minimum atomic E-state index is 0.243. The number of likely N-dealkylation sites (tertiary alicyclic amines) is 1. The standard InChI is InChI=1S/C20H28N2O4/c1-13(2)15-10-18(26-21-15)16-7-6-8-22(16)12-14-9-19(24-4)20(25-5)11-17(14)23-3/h9-11,13,16H,6-8,12H2,1-5H3. The highest BCUT2D eigenvalue weighted by Crippen LogP contribution is 2.39. The van der Waals surface area contributed by atoms with Gasteiger partial charge in [-0.05, 0) is 31.4 Å². The highest BCUT2D eigenvalue weighted by Gasteiger charge is 2.30. The van der Waals surface area contributed by atoms with Crippen LogP contribution in [0.25, 0.3) is 0 Å². The molecule has 1 aromatic carbocycles. The van der Waals surface area contributed by atoms with E-state index in [1.54, 1.807) is 21.3 Å². The van der Waals surface area contributed by atoms with Crippen LogP contribution in [0.1, 0.15) is 55.7 Å². The molecule has 0 bridgehead atoms. The van der Waals surface area contributed by atoms with Gasteiger partial charge in [-0.2, -0.15) is 0 Å². The Morgan fingerprint density at radius 3 is 2.38 bits per heavy atom. The van der Waals surface area contributed by atoms with Crippen molar-refractivity contribution in [2.24, 2.45) is 0 Å². The van der Waals surface area contributed by atoms with Crippen molar-refractivity contribution in [2.45, 2.75) is 45.2 Å². The second-order valence-corrected chi connectivity index (χ2v) is 6.96. The molecule has 0 amide bonds. The lowest BCUT2D eigenvalue weighted by atomic mass is 10.1. The summed E-state index contributed by atoms with van der Waals surface area (Å²) in [6.45, 7) is 6.02. The third-order valence-corrected chi connectivity index (χ3v) is 4.99. The lowest BCUT2D eigenvalue weighted by Gasteiger charge is -2.24. The molecule has 0 N–H and O–H groups in total. The molecule has 1 unspecified atom stereocenters. The number of aromatic nitrogens is 1. The average molecular weight is 360 g/mol. The molecule has 2 aromatic rings. The predicted octanol–water partition coefficient (Wildman–Crippen LogP) is 4.16. The first kappa shape index (κ1) is 18.6. The molecule has 0 radical (unpaired) electrons. The molecule has 142 valence electrons. The summed E-state index contributed by atoms with van der Waals surface area (Å²) in [5, 5.41) is 4.22. The molecular formula is C20H28N2O4. The Morgan fingerprint density at radius 1 is 1.08 bits per heavy atom. The van der Waals surface area contributed by atoms with E-state index in [0.29, 0.717) is 17.4 Å². The molecule has 6 nitrogen and oxygen atoms in total. The highest BCUT2D eigenvalue weighted by molar-refractivity contribution is 5.50. The zero-order valence-corrected chi connectivity index (χ0v) is 16.2. The SMILES string of the molecule is COc1cc(OC)c(OC)cc1CN1CCCC1c1cc(C(C)C)no1. The van der Waals surface area contributed by atoms with Crippen molar-refractivity contribution in [1.29, 1.82) is 0 Å². The molecule has 0 aliphatic carbocycles. The van der Waals surface area contributed by atoms with Gasteiger partial charge >= 0.3 is 0 Å². The lowest BCUT2D eigenvalue weighted by molar-refractivity contribution is 0.203. The van der Waals surface area contributed by atoms with Gasteiger partial charge in [0.2, 0.25) is 0 Å². The first-order valence-corrected chi connectivity index (χ1v) is 9.06. The van der Waals surface area contributed by atoms with E-state index < -0.39 is 0 Å². The molecule has 26 heavy (non-hydrogen) atoms. The monoisotopic (exact) mass is 360 g/mol. The summed E-state index contributed by atoms with van der Waals surface area (Å²) in [6, 6.07) is 6.21. The maximum absolute atomic E-state index is 5.65. The van der Waals surface area contributed by atoms with Crippen molar-refractivity contribution >= 4 is 0 Å². The highest BCUT2D eigenvalue weighted by atomic mass is 16.5. The quantitative estimate of drug-likeness (QED) is 0.739. The molecule has 1 aliphatic rings. The van der Waals surface area contributed by atoms with Crippen LogP contribution >= 0.6 is 0 Å². The molecule has 1 aliphatic heterocycles. The van der Waals surface area contributed by atoms with Crippen molar-refractivity contribution in [3.8, 4) is 17.2 Å². The minimum absolute atomic E-state index is 0.243. The summed E-state index contributed by atoms with van der Waals surface area (Å²) in [6.07, 6.45) is 2.21. The average Bonchev–Trinajstić information content (AvgIpc) is 3.30. The zero-order valence-electron chi connectivity index (χ0n) is 16.2. The summed E-state index contributed by atoms with van der Waals surface area (Å²) in [7, 11) is 4.95. The van der Waals surface area contributed by atoms with E-state index >= 15 is 0 Å². The van der Waals surface area contributed by atoms with Crippen LogP contribution in [0.3, 0.4) is 0 Å². The third kappa shape index (κ3) is 3.65. The van der Waals surface area contributed by atoms with Gasteiger partial charge in [0.05, 0.1) is 33.1 Å². The fourth-order valence-electron chi connectivity index (χ4n) is 3.51. The lowest BCUT2D eigenvalue weighted by Crippen LogP contribution is -2.22. The number of hydrogen-bond acceptors (Lipinski definition) is 6. The first-order chi connectivity index (χ1) is 12.6. The van der Waals surface area contributed by atoms with E-state index in [4.69, 9.17) is 18.7 Å². The molecule has 1 saturated heterocycles. The van der Waals surface area contributed by atoms with Gasteiger partial charge in [0, 0.05) is 24.2 Å². The maximum atomic E-state index is 5.65. The van der Waals surface area contributed by atoms with Crippen LogP contribution in [0, 0.1) is 0 Å².